The van der Waals surface area contributed by atoms with Crippen LogP contribution < -0.4 is 5.32 Å². The van der Waals surface area contributed by atoms with Crippen molar-refractivity contribution in [3.05, 3.63) is 0 Å². The normalized spacial score (nSPS) is 40.1. The summed E-state index contributed by atoms with van der Waals surface area (Å²) < 4.78 is 0. The molecule has 0 aromatic carbocycles. The molecule has 2 rings (SSSR count). The van der Waals surface area contributed by atoms with Gasteiger partial charge in [0, 0.05) is 19.6 Å². The smallest absolute Gasteiger partial charge is 0.229 e. The van der Waals surface area contributed by atoms with Crippen molar-refractivity contribution in [1.82, 2.24) is 10.2 Å². The average Bonchev–Trinajstić information content (AvgIpc) is 2.64. The van der Waals surface area contributed by atoms with Gasteiger partial charge in [0.15, 0.2) is 0 Å². The van der Waals surface area contributed by atoms with E-state index in [4.69, 9.17) is 0 Å². The van der Waals surface area contributed by atoms with E-state index >= 15 is 0 Å². The maximum absolute atomic E-state index is 12.4. The first-order chi connectivity index (χ1) is 7.43. The predicted molar refractivity (Wildman–Crippen MR) is 62.0 cm³/mol. The molecule has 2 aliphatic heterocycles. The van der Waals surface area contributed by atoms with Crippen LogP contribution in [0.15, 0.2) is 0 Å². The quantitative estimate of drug-likeness (QED) is 0.679. The molecule has 2 heterocycles. The van der Waals surface area contributed by atoms with E-state index in [1.165, 1.54) is 0 Å². The molecule has 16 heavy (non-hydrogen) atoms. The van der Waals surface area contributed by atoms with Crippen LogP contribution in [0, 0.1) is 5.41 Å². The Kier molecular flexibility index (Phi) is 2.97. The van der Waals surface area contributed by atoms with Crippen molar-refractivity contribution < 1.29 is 9.90 Å². The number of piperidine rings is 1. The van der Waals surface area contributed by atoms with Crippen molar-refractivity contribution in [1.29, 1.82) is 0 Å². The van der Waals surface area contributed by atoms with Crippen molar-refractivity contribution in [2.75, 3.05) is 26.2 Å². The molecule has 2 fully saturated rings. The summed E-state index contributed by atoms with van der Waals surface area (Å²) in [6.07, 6.45) is 2.61. The lowest BCUT2D eigenvalue weighted by Crippen LogP contribution is -2.53. The van der Waals surface area contributed by atoms with Crippen LogP contribution in [0.5, 0.6) is 0 Å². The van der Waals surface area contributed by atoms with E-state index in [1.807, 2.05) is 18.7 Å². The van der Waals surface area contributed by atoms with E-state index in [9.17, 15) is 9.90 Å². The molecule has 0 aromatic rings. The van der Waals surface area contributed by atoms with Gasteiger partial charge in [-0.1, -0.05) is 0 Å². The molecule has 4 nitrogen and oxygen atoms in total. The molecule has 0 aliphatic carbocycles. The molecule has 2 unspecified atom stereocenters. The van der Waals surface area contributed by atoms with E-state index in [0.29, 0.717) is 6.54 Å². The standard InChI is InChI=1S/C12H22N2O2/c1-11(5-6-13-8-11)10(15)14-7-3-4-12(2,16)9-14/h13,16H,3-9H2,1-2H3. The Hall–Kier alpha value is -0.610. The molecule has 2 saturated heterocycles. The van der Waals surface area contributed by atoms with Gasteiger partial charge in [0.2, 0.25) is 5.91 Å². The van der Waals surface area contributed by atoms with Gasteiger partial charge >= 0.3 is 0 Å². The number of aliphatic hydroxyl groups is 1. The van der Waals surface area contributed by atoms with Crippen LogP contribution in [0.1, 0.15) is 33.1 Å². The second kappa shape index (κ2) is 4.00. The first kappa shape index (κ1) is 11.9. The van der Waals surface area contributed by atoms with Crippen LogP contribution in [0.3, 0.4) is 0 Å². The lowest BCUT2D eigenvalue weighted by Gasteiger charge is -2.40. The number of carbonyl (C=O) groups is 1. The van der Waals surface area contributed by atoms with Crippen molar-refractivity contribution in [2.24, 2.45) is 5.41 Å². The molecule has 1 amide bonds. The van der Waals surface area contributed by atoms with Gasteiger partial charge < -0.3 is 15.3 Å². The van der Waals surface area contributed by atoms with Crippen molar-refractivity contribution in [3.63, 3.8) is 0 Å². The number of hydrogen-bond donors (Lipinski definition) is 2. The fourth-order valence-electron chi connectivity index (χ4n) is 2.77. The minimum Gasteiger partial charge on any atom is -0.388 e. The third-order valence-electron chi connectivity index (χ3n) is 3.85. The fourth-order valence-corrected chi connectivity index (χ4v) is 2.77. The number of rotatable bonds is 1. The number of nitrogens with zero attached hydrogens (tertiary/aromatic N) is 1. The van der Waals surface area contributed by atoms with Crippen LogP contribution >= 0.6 is 0 Å². The van der Waals surface area contributed by atoms with Gasteiger partial charge in [0.25, 0.3) is 0 Å². The first-order valence-corrected chi connectivity index (χ1v) is 6.16. The van der Waals surface area contributed by atoms with Crippen LogP contribution in [0.4, 0.5) is 0 Å². The number of nitrogens with one attached hydrogen (secondary N) is 1. The number of likely N-dealkylation sites (tertiary alicyclic amines) is 1. The van der Waals surface area contributed by atoms with E-state index in [-0.39, 0.29) is 11.3 Å². The highest BCUT2D eigenvalue weighted by Crippen LogP contribution is 2.30. The first-order valence-electron chi connectivity index (χ1n) is 6.16. The maximum atomic E-state index is 12.4. The lowest BCUT2D eigenvalue weighted by atomic mass is 9.86. The molecule has 0 radical (unpaired) electrons. The predicted octanol–water partition coefficient (Wildman–Crippen LogP) is 0.359. The van der Waals surface area contributed by atoms with E-state index in [2.05, 4.69) is 5.32 Å². The van der Waals surface area contributed by atoms with Crippen LogP contribution in [0.25, 0.3) is 0 Å². The zero-order chi connectivity index (χ0) is 11.8. The summed E-state index contributed by atoms with van der Waals surface area (Å²) in [5.41, 5.74) is -0.955. The minimum absolute atomic E-state index is 0.206. The summed E-state index contributed by atoms with van der Waals surface area (Å²) in [5.74, 6) is 0.206. The van der Waals surface area contributed by atoms with E-state index < -0.39 is 5.60 Å². The van der Waals surface area contributed by atoms with Gasteiger partial charge in [-0.25, -0.2) is 0 Å². The Morgan fingerprint density at radius 2 is 2.12 bits per heavy atom. The number of hydrogen-bond acceptors (Lipinski definition) is 3. The molecule has 2 atom stereocenters. The second-order valence-corrected chi connectivity index (χ2v) is 5.81. The molecule has 0 saturated carbocycles. The Labute approximate surface area is 97.0 Å². The summed E-state index contributed by atoms with van der Waals surface area (Å²) in [6, 6.07) is 0. The van der Waals surface area contributed by atoms with Crippen molar-refractivity contribution in [3.8, 4) is 0 Å². The molecule has 2 aliphatic rings. The van der Waals surface area contributed by atoms with Gasteiger partial charge in [-0.05, 0) is 39.7 Å². The van der Waals surface area contributed by atoms with E-state index in [0.717, 1.165) is 38.9 Å². The highest BCUT2D eigenvalue weighted by molar-refractivity contribution is 5.83. The lowest BCUT2D eigenvalue weighted by molar-refractivity contribution is -0.146. The topological polar surface area (TPSA) is 52.6 Å². The summed E-state index contributed by atoms with van der Waals surface area (Å²) in [5, 5.41) is 13.3. The van der Waals surface area contributed by atoms with Crippen molar-refractivity contribution in [2.45, 2.75) is 38.7 Å². The Balaban J connectivity index is 2.04. The van der Waals surface area contributed by atoms with Gasteiger partial charge in [-0.2, -0.15) is 0 Å². The summed E-state index contributed by atoms with van der Waals surface area (Å²) in [6.45, 7) is 6.82. The Morgan fingerprint density at radius 3 is 2.69 bits per heavy atom. The second-order valence-electron chi connectivity index (χ2n) is 5.81. The van der Waals surface area contributed by atoms with Gasteiger partial charge in [0.05, 0.1) is 11.0 Å². The monoisotopic (exact) mass is 226 g/mol. The molecule has 0 aromatic heterocycles. The number of carbonyl (C=O) groups excluding carboxylic acids is 1. The number of amides is 1. The van der Waals surface area contributed by atoms with Gasteiger partial charge in [-0.3, -0.25) is 4.79 Å². The zero-order valence-corrected chi connectivity index (χ0v) is 10.3. The third kappa shape index (κ3) is 2.23. The summed E-state index contributed by atoms with van der Waals surface area (Å²) in [7, 11) is 0. The molecular formula is C12H22N2O2. The molecule has 92 valence electrons. The van der Waals surface area contributed by atoms with Gasteiger partial charge in [-0.15, -0.1) is 0 Å². The Morgan fingerprint density at radius 1 is 1.38 bits per heavy atom. The van der Waals surface area contributed by atoms with Crippen LogP contribution in [-0.4, -0.2) is 47.7 Å². The Bertz CT molecular complexity index is 283. The summed E-state index contributed by atoms with van der Waals surface area (Å²) in [4.78, 5) is 14.2. The molecule has 0 bridgehead atoms. The van der Waals surface area contributed by atoms with Crippen molar-refractivity contribution >= 4 is 5.91 Å². The highest BCUT2D eigenvalue weighted by Gasteiger charge is 2.41. The maximum Gasteiger partial charge on any atom is 0.229 e. The minimum atomic E-state index is -0.698. The molecule has 0 spiro atoms. The third-order valence-corrected chi connectivity index (χ3v) is 3.85. The van der Waals surface area contributed by atoms with Gasteiger partial charge in [0.1, 0.15) is 0 Å². The van der Waals surface area contributed by atoms with Crippen LogP contribution in [-0.2, 0) is 4.79 Å². The van der Waals surface area contributed by atoms with E-state index in [1.54, 1.807) is 0 Å². The zero-order valence-electron chi connectivity index (χ0n) is 10.3. The SMILES string of the molecule is CC1(O)CCCN(C(=O)C2(C)CCNC2)C1. The average molecular weight is 226 g/mol. The van der Waals surface area contributed by atoms with Crippen LogP contribution in [0.2, 0.25) is 0 Å². The largest absolute Gasteiger partial charge is 0.388 e. The highest BCUT2D eigenvalue weighted by atomic mass is 16.3. The number of β-amino-alcohol motifs (C(OH)–C–C–N with tert-alkyl or cyclic N) is 1. The summed E-state index contributed by atoms with van der Waals surface area (Å²) >= 11 is 0. The molecular weight excluding hydrogens is 204 g/mol. The molecule has 4 heteroatoms. The molecule has 2 N–H and O–H groups in total. The fraction of sp³-hybridized carbons (Fsp3) is 0.917.